The molecule has 2 atom stereocenters. The molecule has 0 saturated heterocycles. The van der Waals surface area contributed by atoms with E-state index >= 15 is 0 Å². The van der Waals surface area contributed by atoms with Crippen LogP contribution in [0.5, 0.6) is 5.75 Å². The number of aliphatic hydroxyl groups is 1. The fourth-order valence-electron chi connectivity index (χ4n) is 2.69. The highest BCUT2D eigenvalue weighted by atomic mass is 16.6. The van der Waals surface area contributed by atoms with Crippen LogP contribution in [-0.2, 0) is 14.3 Å². The number of amides is 3. The van der Waals surface area contributed by atoms with E-state index in [1.165, 1.54) is 19.2 Å². The zero-order valence-corrected chi connectivity index (χ0v) is 18.6. The third-order valence-corrected chi connectivity index (χ3v) is 3.84. The molecule has 0 aliphatic rings. The van der Waals surface area contributed by atoms with Crippen LogP contribution < -0.4 is 10.6 Å². The van der Waals surface area contributed by atoms with Crippen LogP contribution in [0.15, 0.2) is 24.3 Å². The first-order chi connectivity index (χ1) is 13.6. The Labute approximate surface area is 177 Å². The van der Waals surface area contributed by atoms with Crippen LogP contribution in [0.2, 0.25) is 0 Å². The maximum Gasteiger partial charge on any atom is 0.408 e. The molecule has 0 bridgehead atoms. The SMILES string of the molecule is CN(C(=O)C(CO)NC(=O)OC(C)(C)C)C(C(=O)NC(C)(C)C)c1cccc(O)c1. The summed E-state index contributed by atoms with van der Waals surface area (Å²) in [5, 5.41) is 24.6. The summed E-state index contributed by atoms with van der Waals surface area (Å²) in [6.45, 7) is 9.72. The summed E-state index contributed by atoms with van der Waals surface area (Å²) in [5.41, 5.74) is -0.974. The molecular weight excluding hydrogens is 390 g/mol. The van der Waals surface area contributed by atoms with Gasteiger partial charge in [-0.3, -0.25) is 9.59 Å². The second kappa shape index (κ2) is 9.80. The van der Waals surface area contributed by atoms with Crippen LogP contribution in [-0.4, -0.2) is 63.9 Å². The minimum atomic E-state index is -1.31. The summed E-state index contributed by atoms with van der Waals surface area (Å²) in [4.78, 5) is 39.1. The van der Waals surface area contributed by atoms with Crippen molar-refractivity contribution in [1.29, 1.82) is 0 Å². The summed E-state index contributed by atoms with van der Waals surface area (Å²) in [5.74, 6) is -1.23. The average Bonchev–Trinajstić information content (AvgIpc) is 2.56. The van der Waals surface area contributed by atoms with E-state index < -0.39 is 47.7 Å². The highest BCUT2D eigenvalue weighted by Crippen LogP contribution is 2.25. The van der Waals surface area contributed by atoms with Crippen molar-refractivity contribution < 1.29 is 29.3 Å². The molecule has 0 aliphatic carbocycles. The zero-order chi connectivity index (χ0) is 23.3. The molecule has 0 saturated carbocycles. The van der Waals surface area contributed by atoms with Crippen molar-refractivity contribution in [3.05, 3.63) is 29.8 Å². The van der Waals surface area contributed by atoms with Crippen molar-refractivity contribution in [1.82, 2.24) is 15.5 Å². The van der Waals surface area contributed by atoms with Gasteiger partial charge < -0.3 is 30.5 Å². The minimum Gasteiger partial charge on any atom is -0.508 e. The number of alkyl carbamates (subject to hydrolysis) is 1. The van der Waals surface area contributed by atoms with E-state index in [9.17, 15) is 24.6 Å². The number of carbonyl (C=O) groups excluding carboxylic acids is 3. The number of benzene rings is 1. The lowest BCUT2D eigenvalue weighted by Gasteiger charge is -2.33. The van der Waals surface area contributed by atoms with Gasteiger partial charge >= 0.3 is 6.09 Å². The van der Waals surface area contributed by atoms with Crippen LogP contribution in [0.1, 0.15) is 53.1 Å². The first-order valence-corrected chi connectivity index (χ1v) is 9.62. The number of hydrogen-bond acceptors (Lipinski definition) is 6. The normalized spacial score (nSPS) is 13.7. The Morgan fingerprint density at radius 1 is 1.13 bits per heavy atom. The smallest absolute Gasteiger partial charge is 0.408 e. The molecule has 9 heteroatoms. The van der Waals surface area contributed by atoms with Gasteiger partial charge in [0.25, 0.3) is 0 Å². The highest BCUT2D eigenvalue weighted by Gasteiger charge is 2.35. The van der Waals surface area contributed by atoms with Crippen LogP contribution >= 0.6 is 0 Å². The lowest BCUT2D eigenvalue weighted by Crippen LogP contribution is -2.54. The van der Waals surface area contributed by atoms with Crippen molar-refractivity contribution in [3.63, 3.8) is 0 Å². The summed E-state index contributed by atoms with van der Waals surface area (Å²) in [6, 6.07) is 3.58. The molecule has 0 heterocycles. The Balaban J connectivity index is 3.17. The largest absolute Gasteiger partial charge is 0.508 e. The average molecular weight is 424 g/mol. The van der Waals surface area contributed by atoms with E-state index in [0.29, 0.717) is 5.56 Å². The minimum absolute atomic E-state index is 0.0625. The molecule has 9 nitrogen and oxygen atoms in total. The predicted octanol–water partition coefficient (Wildman–Crippen LogP) is 1.69. The van der Waals surface area contributed by atoms with E-state index in [0.717, 1.165) is 4.90 Å². The van der Waals surface area contributed by atoms with Crippen molar-refractivity contribution in [2.45, 2.75) is 64.8 Å². The number of carbonyl (C=O) groups is 3. The quantitative estimate of drug-likeness (QED) is 0.551. The molecule has 0 fully saturated rings. The van der Waals surface area contributed by atoms with Gasteiger partial charge in [0, 0.05) is 12.6 Å². The third-order valence-electron chi connectivity index (χ3n) is 3.84. The Kier molecular flexibility index (Phi) is 8.24. The van der Waals surface area contributed by atoms with Gasteiger partial charge in [0.1, 0.15) is 23.4 Å². The van der Waals surface area contributed by atoms with Gasteiger partial charge in [0.2, 0.25) is 11.8 Å². The Hall–Kier alpha value is -2.81. The van der Waals surface area contributed by atoms with Gasteiger partial charge in [-0.2, -0.15) is 0 Å². The Morgan fingerprint density at radius 2 is 1.73 bits per heavy atom. The number of nitrogens with zero attached hydrogens (tertiary/aromatic N) is 1. The Morgan fingerprint density at radius 3 is 2.20 bits per heavy atom. The number of phenols is 1. The number of nitrogens with one attached hydrogen (secondary N) is 2. The predicted molar refractivity (Wildman–Crippen MR) is 112 cm³/mol. The number of aliphatic hydroxyl groups excluding tert-OH is 1. The number of aromatic hydroxyl groups is 1. The second-order valence-corrected chi connectivity index (χ2v) is 9.07. The topological polar surface area (TPSA) is 128 Å². The Bertz CT molecular complexity index is 767. The van der Waals surface area contributed by atoms with Crippen LogP contribution in [0.4, 0.5) is 4.79 Å². The van der Waals surface area contributed by atoms with Crippen molar-refractivity contribution >= 4 is 17.9 Å². The van der Waals surface area contributed by atoms with Gasteiger partial charge in [-0.15, -0.1) is 0 Å². The molecule has 0 aliphatic heterocycles. The summed E-state index contributed by atoms with van der Waals surface area (Å²) in [6.07, 6.45) is -0.864. The molecule has 2 unspecified atom stereocenters. The van der Waals surface area contributed by atoms with Crippen LogP contribution in [0, 0.1) is 0 Å². The van der Waals surface area contributed by atoms with Crippen LogP contribution in [0.25, 0.3) is 0 Å². The third kappa shape index (κ3) is 7.90. The highest BCUT2D eigenvalue weighted by molar-refractivity contribution is 5.92. The number of rotatable bonds is 6. The standard InChI is InChI=1S/C21H33N3O6/c1-20(2,3)23-17(27)16(13-9-8-10-14(26)11-13)24(7)18(28)15(12-25)22-19(29)30-21(4,5)6/h8-11,15-16,25-26H,12H2,1-7H3,(H,22,29)(H,23,27). The van der Waals surface area contributed by atoms with Crippen molar-refractivity contribution in [3.8, 4) is 5.75 Å². The summed E-state index contributed by atoms with van der Waals surface area (Å²) < 4.78 is 5.13. The number of hydrogen-bond donors (Lipinski definition) is 4. The summed E-state index contributed by atoms with van der Waals surface area (Å²) in [7, 11) is 1.39. The molecule has 1 rings (SSSR count). The monoisotopic (exact) mass is 423 g/mol. The number of ether oxygens (including phenoxy) is 1. The molecular formula is C21H33N3O6. The van der Waals surface area contributed by atoms with E-state index in [2.05, 4.69) is 10.6 Å². The molecule has 3 amide bonds. The van der Waals surface area contributed by atoms with Gasteiger partial charge in [-0.25, -0.2) is 4.79 Å². The van der Waals surface area contributed by atoms with E-state index in [4.69, 9.17) is 4.74 Å². The molecule has 0 aromatic heterocycles. The van der Waals surface area contributed by atoms with Gasteiger partial charge in [-0.05, 0) is 59.2 Å². The molecule has 4 N–H and O–H groups in total. The molecule has 1 aromatic rings. The maximum absolute atomic E-state index is 13.0. The maximum atomic E-state index is 13.0. The van der Waals surface area contributed by atoms with Gasteiger partial charge in [0.05, 0.1) is 6.61 Å². The van der Waals surface area contributed by atoms with Crippen LogP contribution in [0.3, 0.4) is 0 Å². The summed E-state index contributed by atoms with van der Waals surface area (Å²) >= 11 is 0. The first-order valence-electron chi connectivity index (χ1n) is 9.62. The lowest BCUT2D eigenvalue weighted by atomic mass is 10.0. The fraction of sp³-hybridized carbons (Fsp3) is 0.571. The van der Waals surface area contributed by atoms with Crippen molar-refractivity contribution in [2.24, 2.45) is 0 Å². The molecule has 30 heavy (non-hydrogen) atoms. The van der Waals surface area contributed by atoms with Crippen molar-refractivity contribution in [2.75, 3.05) is 13.7 Å². The molecule has 168 valence electrons. The van der Waals surface area contributed by atoms with E-state index in [-0.39, 0.29) is 5.75 Å². The lowest BCUT2D eigenvalue weighted by molar-refractivity contribution is -0.142. The number of phenolic OH excluding ortho intramolecular Hbond substituents is 1. The van der Waals surface area contributed by atoms with Gasteiger partial charge in [0.15, 0.2) is 0 Å². The molecule has 1 aromatic carbocycles. The van der Waals surface area contributed by atoms with Gasteiger partial charge in [-0.1, -0.05) is 12.1 Å². The molecule has 0 radical (unpaired) electrons. The molecule has 0 spiro atoms. The zero-order valence-electron chi connectivity index (χ0n) is 18.6. The second-order valence-electron chi connectivity index (χ2n) is 9.07. The van der Waals surface area contributed by atoms with E-state index in [1.807, 2.05) is 0 Å². The number of likely N-dealkylation sites (N-methyl/N-ethyl adjacent to an activating group) is 1. The van der Waals surface area contributed by atoms with E-state index in [1.54, 1.807) is 53.7 Å². The first kappa shape index (κ1) is 25.2. The fourth-order valence-corrected chi connectivity index (χ4v) is 2.69.